The van der Waals surface area contributed by atoms with Gasteiger partial charge in [-0.25, -0.2) is 9.67 Å². The van der Waals surface area contributed by atoms with Crippen molar-refractivity contribution in [3.8, 4) is 5.75 Å². The third-order valence-electron chi connectivity index (χ3n) is 2.87. The predicted molar refractivity (Wildman–Crippen MR) is 79.1 cm³/mol. The summed E-state index contributed by atoms with van der Waals surface area (Å²) in [5, 5.41) is 8.39. The van der Waals surface area contributed by atoms with Crippen molar-refractivity contribution in [2.45, 2.75) is 26.4 Å². The molecule has 108 valence electrons. The van der Waals surface area contributed by atoms with Crippen LogP contribution in [-0.2, 0) is 13.1 Å². The molecular formula is C14H19ClN4O. The lowest BCUT2D eigenvalue weighted by molar-refractivity contribution is 0.407. The van der Waals surface area contributed by atoms with Crippen LogP contribution in [0.4, 0.5) is 0 Å². The summed E-state index contributed by atoms with van der Waals surface area (Å²) in [6, 6.07) is 5.56. The Morgan fingerprint density at radius 2 is 2.25 bits per heavy atom. The Morgan fingerprint density at radius 3 is 3.00 bits per heavy atom. The van der Waals surface area contributed by atoms with Crippen LogP contribution in [0.3, 0.4) is 0 Å². The quantitative estimate of drug-likeness (QED) is 0.797. The molecule has 2 rings (SSSR count). The van der Waals surface area contributed by atoms with Gasteiger partial charge in [0.1, 0.15) is 12.1 Å². The molecule has 5 nitrogen and oxygen atoms in total. The molecule has 20 heavy (non-hydrogen) atoms. The van der Waals surface area contributed by atoms with Crippen molar-refractivity contribution >= 4 is 11.6 Å². The number of hydrogen-bond donors (Lipinski definition) is 1. The number of nitrogens with zero attached hydrogens (tertiary/aromatic N) is 3. The number of nitrogens with one attached hydrogen (secondary N) is 1. The zero-order chi connectivity index (χ0) is 14.4. The number of hydrogen-bond acceptors (Lipinski definition) is 4. The summed E-state index contributed by atoms with van der Waals surface area (Å²) in [5.74, 6) is 1.59. The van der Waals surface area contributed by atoms with Gasteiger partial charge in [-0.3, -0.25) is 0 Å². The molecule has 1 aromatic heterocycles. The Morgan fingerprint density at radius 1 is 1.40 bits per heavy atom. The first-order chi connectivity index (χ1) is 9.72. The van der Waals surface area contributed by atoms with E-state index in [-0.39, 0.29) is 0 Å². The van der Waals surface area contributed by atoms with E-state index in [1.165, 1.54) is 0 Å². The van der Waals surface area contributed by atoms with Gasteiger partial charge in [-0.05, 0) is 31.2 Å². The van der Waals surface area contributed by atoms with Crippen molar-refractivity contribution in [1.82, 2.24) is 20.1 Å². The highest BCUT2D eigenvalue weighted by Crippen LogP contribution is 2.23. The number of rotatable bonds is 7. The van der Waals surface area contributed by atoms with Gasteiger partial charge in [-0.1, -0.05) is 18.5 Å². The topological polar surface area (TPSA) is 52.0 Å². The summed E-state index contributed by atoms with van der Waals surface area (Å²) in [4.78, 5) is 4.28. The molecule has 2 aromatic rings. The average molecular weight is 295 g/mol. The Kier molecular flexibility index (Phi) is 5.38. The molecule has 0 atom stereocenters. The van der Waals surface area contributed by atoms with Crippen LogP contribution >= 0.6 is 11.6 Å². The molecule has 0 radical (unpaired) electrons. The van der Waals surface area contributed by atoms with Gasteiger partial charge in [0.05, 0.1) is 20.2 Å². The van der Waals surface area contributed by atoms with E-state index in [2.05, 4.69) is 22.3 Å². The first kappa shape index (κ1) is 14.8. The van der Waals surface area contributed by atoms with Gasteiger partial charge >= 0.3 is 0 Å². The van der Waals surface area contributed by atoms with Crippen molar-refractivity contribution < 1.29 is 4.74 Å². The molecule has 0 spiro atoms. The Hall–Kier alpha value is -1.59. The van der Waals surface area contributed by atoms with Crippen LogP contribution in [0.15, 0.2) is 24.5 Å². The van der Waals surface area contributed by atoms with Gasteiger partial charge in [-0.2, -0.15) is 5.10 Å². The van der Waals surface area contributed by atoms with Crippen LogP contribution in [0.1, 0.15) is 24.7 Å². The maximum Gasteiger partial charge on any atom is 0.164 e. The monoisotopic (exact) mass is 294 g/mol. The second-order valence-corrected chi connectivity index (χ2v) is 4.93. The lowest BCUT2D eigenvalue weighted by Gasteiger charge is -2.08. The molecule has 6 heteroatoms. The summed E-state index contributed by atoms with van der Waals surface area (Å²) in [5.41, 5.74) is 0.984. The lowest BCUT2D eigenvalue weighted by Crippen LogP contribution is -2.15. The van der Waals surface area contributed by atoms with Gasteiger partial charge in [0, 0.05) is 10.6 Å². The SMILES string of the molecule is CCCNCc1ncn(Cc2cc(Cl)ccc2OC)n1. The smallest absolute Gasteiger partial charge is 0.164 e. The van der Waals surface area contributed by atoms with E-state index in [0.717, 1.165) is 30.1 Å². The largest absolute Gasteiger partial charge is 0.496 e. The van der Waals surface area contributed by atoms with Gasteiger partial charge in [0.15, 0.2) is 5.82 Å². The van der Waals surface area contributed by atoms with Crippen molar-refractivity contribution in [2.75, 3.05) is 13.7 Å². The summed E-state index contributed by atoms with van der Waals surface area (Å²) in [7, 11) is 1.65. The second kappa shape index (κ2) is 7.26. The van der Waals surface area contributed by atoms with Crippen molar-refractivity contribution in [3.63, 3.8) is 0 Å². The molecule has 0 saturated heterocycles. The van der Waals surface area contributed by atoms with Crippen LogP contribution in [-0.4, -0.2) is 28.4 Å². The van der Waals surface area contributed by atoms with E-state index in [4.69, 9.17) is 16.3 Å². The Balaban J connectivity index is 2.04. The van der Waals surface area contributed by atoms with Crippen LogP contribution in [0.25, 0.3) is 0 Å². The van der Waals surface area contributed by atoms with E-state index in [1.54, 1.807) is 18.1 Å². The maximum atomic E-state index is 6.02. The fourth-order valence-electron chi connectivity index (χ4n) is 1.91. The molecule has 0 unspecified atom stereocenters. The summed E-state index contributed by atoms with van der Waals surface area (Å²) in [6.07, 6.45) is 2.82. The molecule has 0 aliphatic heterocycles. The van der Waals surface area contributed by atoms with E-state index in [1.807, 2.05) is 18.2 Å². The number of aromatic nitrogens is 3. The van der Waals surface area contributed by atoms with Crippen LogP contribution < -0.4 is 10.1 Å². The molecule has 1 N–H and O–H groups in total. The van der Waals surface area contributed by atoms with E-state index in [0.29, 0.717) is 18.1 Å². The maximum absolute atomic E-state index is 6.02. The molecule has 0 saturated carbocycles. The molecular weight excluding hydrogens is 276 g/mol. The van der Waals surface area contributed by atoms with E-state index < -0.39 is 0 Å². The fraction of sp³-hybridized carbons (Fsp3) is 0.429. The molecule has 0 aliphatic rings. The highest BCUT2D eigenvalue weighted by Gasteiger charge is 2.07. The van der Waals surface area contributed by atoms with Crippen LogP contribution in [0, 0.1) is 0 Å². The Bertz CT molecular complexity index is 556. The van der Waals surface area contributed by atoms with Crippen molar-refractivity contribution in [2.24, 2.45) is 0 Å². The molecule has 0 bridgehead atoms. The van der Waals surface area contributed by atoms with Gasteiger partial charge < -0.3 is 10.1 Å². The lowest BCUT2D eigenvalue weighted by atomic mass is 10.2. The minimum atomic E-state index is 0.588. The van der Waals surface area contributed by atoms with Crippen LogP contribution in [0.2, 0.25) is 5.02 Å². The van der Waals surface area contributed by atoms with E-state index >= 15 is 0 Å². The first-order valence-electron chi connectivity index (χ1n) is 6.64. The minimum Gasteiger partial charge on any atom is -0.496 e. The minimum absolute atomic E-state index is 0.588. The normalized spacial score (nSPS) is 10.8. The fourth-order valence-corrected chi connectivity index (χ4v) is 2.11. The summed E-state index contributed by atoms with van der Waals surface area (Å²) in [6.45, 7) is 4.37. The number of benzene rings is 1. The van der Waals surface area contributed by atoms with Gasteiger partial charge in [0.2, 0.25) is 0 Å². The van der Waals surface area contributed by atoms with Gasteiger partial charge in [-0.15, -0.1) is 0 Å². The average Bonchev–Trinajstić information content (AvgIpc) is 2.87. The molecule has 0 fully saturated rings. The van der Waals surface area contributed by atoms with Crippen LogP contribution in [0.5, 0.6) is 5.75 Å². The molecule has 1 aromatic carbocycles. The second-order valence-electron chi connectivity index (χ2n) is 4.49. The number of halogens is 1. The summed E-state index contributed by atoms with van der Waals surface area (Å²) >= 11 is 6.02. The van der Waals surface area contributed by atoms with E-state index in [9.17, 15) is 0 Å². The van der Waals surface area contributed by atoms with Gasteiger partial charge in [0.25, 0.3) is 0 Å². The third kappa shape index (κ3) is 3.95. The van der Waals surface area contributed by atoms with Crippen molar-refractivity contribution in [3.05, 3.63) is 40.9 Å². The van der Waals surface area contributed by atoms with Crippen molar-refractivity contribution in [1.29, 1.82) is 0 Å². The standard InChI is InChI=1S/C14H19ClN4O/c1-3-6-16-8-14-17-10-19(18-14)9-11-7-12(15)4-5-13(11)20-2/h4-5,7,10,16H,3,6,8-9H2,1-2H3. The third-order valence-corrected chi connectivity index (χ3v) is 3.10. The number of methoxy groups -OCH3 is 1. The highest BCUT2D eigenvalue weighted by atomic mass is 35.5. The zero-order valence-electron chi connectivity index (χ0n) is 11.8. The predicted octanol–water partition coefficient (Wildman–Crippen LogP) is 2.49. The molecule has 0 amide bonds. The summed E-state index contributed by atoms with van der Waals surface area (Å²) < 4.78 is 7.12. The molecule has 0 aliphatic carbocycles. The Labute approximate surface area is 123 Å². The zero-order valence-corrected chi connectivity index (χ0v) is 12.5. The molecule has 1 heterocycles. The first-order valence-corrected chi connectivity index (χ1v) is 7.02. The highest BCUT2D eigenvalue weighted by molar-refractivity contribution is 6.30. The number of ether oxygens (including phenoxy) is 1.